The van der Waals surface area contributed by atoms with Crippen molar-refractivity contribution in [1.29, 1.82) is 0 Å². The third-order valence-electron chi connectivity index (χ3n) is 3.97. The predicted octanol–water partition coefficient (Wildman–Crippen LogP) is 4.17. The summed E-state index contributed by atoms with van der Waals surface area (Å²) in [6, 6.07) is 8.00. The van der Waals surface area contributed by atoms with E-state index in [2.05, 4.69) is 26.1 Å². The third kappa shape index (κ3) is 4.92. The van der Waals surface area contributed by atoms with Gasteiger partial charge < -0.3 is 14.8 Å². The van der Waals surface area contributed by atoms with E-state index in [0.29, 0.717) is 6.61 Å². The lowest BCUT2D eigenvalue weighted by Crippen LogP contribution is -2.47. The normalized spacial score (nSPS) is 17.1. The Balaban J connectivity index is 1.89. The lowest BCUT2D eigenvalue weighted by molar-refractivity contribution is -0.0152. The fourth-order valence-corrected chi connectivity index (χ4v) is 2.66. The van der Waals surface area contributed by atoms with Crippen molar-refractivity contribution in [1.82, 2.24) is 5.32 Å². The summed E-state index contributed by atoms with van der Waals surface area (Å²) in [5.41, 5.74) is 0.204. The summed E-state index contributed by atoms with van der Waals surface area (Å²) in [6.45, 7) is 10.3. The Morgan fingerprint density at radius 2 is 1.71 bits per heavy atom. The van der Waals surface area contributed by atoms with Crippen LogP contribution in [-0.2, 0) is 0 Å². The first-order valence-electron chi connectivity index (χ1n) is 8.09. The standard InChI is InChI=1S/C18H29NO2/c1-5-20-15-7-9-16(10-8-15)21-18(11-6-12-18)13-14-19-17(2,3)4/h7-10,19H,5-6,11-14H2,1-4H3. The summed E-state index contributed by atoms with van der Waals surface area (Å²) < 4.78 is 11.8. The van der Waals surface area contributed by atoms with Gasteiger partial charge in [-0.2, -0.15) is 0 Å². The van der Waals surface area contributed by atoms with Crippen molar-refractivity contribution in [3.63, 3.8) is 0 Å². The van der Waals surface area contributed by atoms with Gasteiger partial charge in [0.1, 0.15) is 17.1 Å². The van der Waals surface area contributed by atoms with Gasteiger partial charge in [-0.1, -0.05) is 0 Å². The first kappa shape index (κ1) is 16.2. The van der Waals surface area contributed by atoms with Gasteiger partial charge in [-0.15, -0.1) is 0 Å². The van der Waals surface area contributed by atoms with Crippen molar-refractivity contribution < 1.29 is 9.47 Å². The van der Waals surface area contributed by atoms with Crippen LogP contribution in [0.25, 0.3) is 0 Å². The summed E-state index contributed by atoms with van der Waals surface area (Å²) in [4.78, 5) is 0. The molecular formula is C18H29NO2. The van der Waals surface area contributed by atoms with Crippen LogP contribution in [0.5, 0.6) is 11.5 Å². The molecule has 1 fully saturated rings. The van der Waals surface area contributed by atoms with Crippen molar-refractivity contribution in [3.8, 4) is 11.5 Å². The van der Waals surface area contributed by atoms with Gasteiger partial charge in [0.05, 0.1) is 6.61 Å². The minimum atomic E-state index is 0.0331. The zero-order valence-corrected chi connectivity index (χ0v) is 13.9. The second kappa shape index (κ2) is 6.69. The lowest BCUT2D eigenvalue weighted by atomic mass is 9.77. The first-order valence-corrected chi connectivity index (χ1v) is 8.09. The van der Waals surface area contributed by atoms with E-state index in [-0.39, 0.29) is 11.1 Å². The Hall–Kier alpha value is -1.22. The van der Waals surface area contributed by atoms with E-state index in [1.807, 2.05) is 31.2 Å². The van der Waals surface area contributed by atoms with E-state index in [4.69, 9.17) is 9.47 Å². The van der Waals surface area contributed by atoms with Crippen LogP contribution in [0, 0.1) is 0 Å². The fraction of sp³-hybridized carbons (Fsp3) is 0.667. The highest BCUT2D eigenvalue weighted by atomic mass is 16.5. The Kier molecular flexibility index (Phi) is 5.15. The second-order valence-electron chi connectivity index (χ2n) is 6.97. The van der Waals surface area contributed by atoms with Crippen LogP contribution >= 0.6 is 0 Å². The van der Waals surface area contributed by atoms with Crippen molar-refractivity contribution in [2.45, 2.75) is 64.5 Å². The number of hydrogen-bond acceptors (Lipinski definition) is 3. The smallest absolute Gasteiger partial charge is 0.120 e. The van der Waals surface area contributed by atoms with Gasteiger partial charge in [-0.05, 0) is 84.2 Å². The highest BCUT2D eigenvalue weighted by molar-refractivity contribution is 5.32. The largest absolute Gasteiger partial charge is 0.494 e. The Bertz CT molecular complexity index is 430. The van der Waals surface area contributed by atoms with Gasteiger partial charge in [0, 0.05) is 5.54 Å². The Morgan fingerprint density at radius 1 is 1.10 bits per heavy atom. The molecule has 0 spiro atoms. The van der Waals surface area contributed by atoms with E-state index < -0.39 is 0 Å². The zero-order valence-electron chi connectivity index (χ0n) is 13.9. The monoisotopic (exact) mass is 291 g/mol. The van der Waals surface area contributed by atoms with Gasteiger partial charge in [0.15, 0.2) is 0 Å². The van der Waals surface area contributed by atoms with E-state index >= 15 is 0 Å². The summed E-state index contributed by atoms with van der Waals surface area (Å²) in [6.07, 6.45) is 4.65. The average molecular weight is 291 g/mol. The first-order chi connectivity index (χ1) is 9.92. The second-order valence-corrected chi connectivity index (χ2v) is 6.97. The van der Waals surface area contributed by atoms with Gasteiger partial charge >= 0.3 is 0 Å². The van der Waals surface area contributed by atoms with Crippen LogP contribution in [0.3, 0.4) is 0 Å². The molecule has 1 aromatic carbocycles. The summed E-state index contributed by atoms with van der Waals surface area (Å²) in [5.74, 6) is 1.86. The van der Waals surface area contributed by atoms with Crippen molar-refractivity contribution in [2.24, 2.45) is 0 Å². The molecule has 0 saturated heterocycles. The topological polar surface area (TPSA) is 30.5 Å². The van der Waals surface area contributed by atoms with E-state index in [9.17, 15) is 0 Å². The van der Waals surface area contributed by atoms with Crippen LogP contribution in [0.2, 0.25) is 0 Å². The van der Waals surface area contributed by atoms with Crippen LogP contribution in [0.15, 0.2) is 24.3 Å². The molecule has 1 saturated carbocycles. The highest BCUT2D eigenvalue weighted by Crippen LogP contribution is 2.39. The Labute approximate surface area is 129 Å². The minimum Gasteiger partial charge on any atom is -0.494 e. The van der Waals surface area contributed by atoms with Gasteiger partial charge in [0.25, 0.3) is 0 Å². The molecule has 0 radical (unpaired) electrons. The third-order valence-corrected chi connectivity index (χ3v) is 3.97. The van der Waals surface area contributed by atoms with Crippen molar-refractivity contribution >= 4 is 0 Å². The van der Waals surface area contributed by atoms with E-state index in [1.54, 1.807) is 0 Å². The molecule has 0 heterocycles. The maximum absolute atomic E-state index is 6.29. The molecule has 0 amide bonds. The van der Waals surface area contributed by atoms with Crippen LogP contribution in [0.1, 0.15) is 53.4 Å². The van der Waals surface area contributed by atoms with Crippen LogP contribution in [0.4, 0.5) is 0 Å². The molecule has 0 unspecified atom stereocenters. The quantitative estimate of drug-likeness (QED) is 0.818. The maximum atomic E-state index is 6.29. The van der Waals surface area contributed by atoms with Crippen molar-refractivity contribution in [3.05, 3.63) is 24.3 Å². The molecule has 0 atom stereocenters. The molecule has 0 aromatic heterocycles. The molecule has 3 heteroatoms. The SMILES string of the molecule is CCOc1ccc(OC2(CCNC(C)(C)C)CCC2)cc1. The number of ether oxygens (including phenoxy) is 2. The molecule has 0 aliphatic heterocycles. The molecular weight excluding hydrogens is 262 g/mol. The average Bonchev–Trinajstić information content (AvgIpc) is 2.37. The summed E-state index contributed by atoms with van der Waals surface area (Å²) >= 11 is 0. The minimum absolute atomic E-state index is 0.0331. The highest BCUT2D eigenvalue weighted by Gasteiger charge is 2.39. The van der Waals surface area contributed by atoms with Gasteiger partial charge in [-0.25, -0.2) is 0 Å². The van der Waals surface area contributed by atoms with E-state index in [1.165, 1.54) is 6.42 Å². The lowest BCUT2D eigenvalue weighted by Gasteiger charge is -2.42. The molecule has 21 heavy (non-hydrogen) atoms. The molecule has 1 N–H and O–H groups in total. The zero-order chi connectivity index (χ0) is 15.3. The van der Waals surface area contributed by atoms with E-state index in [0.717, 1.165) is 37.3 Å². The maximum Gasteiger partial charge on any atom is 0.120 e. The van der Waals surface area contributed by atoms with Gasteiger partial charge in [0.2, 0.25) is 0 Å². The Morgan fingerprint density at radius 3 is 2.19 bits per heavy atom. The molecule has 0 bridgehead atoms. The number of hydrogen-bond donors (Lipinski definition) is 1. The molecule has 1 aliphatic rings. The number of nitrogens with one attached hydrogen (secondary N) is 1. The van der Waals surface area contributed by atoms with Gasteiger partial charge in [-0.3, -0.25) is 0 Å². The molecule has 118 valence electrons. The van der Waals surface area contributed by atoms with Crippen molar-refractivity contribution in [2.75, 3.05) is 13.2 Å². The predicted molar refractivity (Wildman–Crippen MR) is 87.2 cm³/mol. The van der Waals surface area contributed by atoms with Crippen LogP contribution in [-0.4, -0.2) is 24.3 Å². The molecule has 2 rings (SSSR count). The van der Waals surface area contributed by atoms with Crippen LogP contribution < -0.4 is 14.8 Å². The number of benzene rings is 1. The summed E-state index contributed by atoms with van der Waals surface area (Å²) in [5, 5.41) is 3.56. The molecule has 3 nitrogen and oxygen atoms in total. The molecule has 1 aromatic rings. The molecule has 1 aliphatic carbocycles. The summed E-state index contributed by atoms with van der Waals surface area (Å²) in [7, 11) is 0. The fourth-order valence-electron chi connectivity index (χ4n) is 2.66. The number of rotatable bonds is 7.